The highest BCUT2D eigenvalue weighted by molar-refractivity contribution is 7.16. The maximum Gasteiger partial charge on any atom is 0.419 e. The number of halogens is 2. The number of anilines is 3. The molecule has 0 radical (unpaired) electrons. The first-order valence-corrected chi connectivity index (χ1v) is 9.49. The third-order valence-electron chi connectivity index (χ3n) is 4.03. The second-order valence-electron chi connectivity index (χ2n) is 6.53. The summed E-state index contributed by atoms with van der Waals surface area (Å²) in [6.07, 6.45) is 3.46. The van der Waals surface area contributed by atoms with Crippen molar-refractivity contribution in [3.63, 3.8) is 0 Å². The Morgan fingerprint density at radius 1 is 1.32 bits per heavy atom. The van der Waals surface area contributed by atoms with Crippen molar-refractivity contribution in [1.82, 2.24) is 14.8 Å². The zero-order valence-electron chi connectivity index (χ0n) is 14.9. The molecule has 2 N–H and O–H groups in total. The summed E-state index contributed by atoms with van der Waals surface area (Å²) in [6.45, 7) is 2.56. The predicted molar refractivity (Wildman–Crippen MR) is 101 cm³/mol. The first-order valence-electron chi connectivity index (χ1n) is 8.67. The smallest absolute Gasteiger partial charge is 0.388 e. The van der Waals surface area contributed by atoms with E-state index in [2.05, 4.69) is 20.7 Å². The number of aryl methyl sites for hydroxylation is 1. The van der Waals surface area contributed by atoms with Crippen molar-refractivity contribution in [3.8, 4) is 5.88 Å². The SMILES string of the molecule is Cc1nc(OC(=O)Nc2ccn(CC3CC3)n2)c(Nc2cc(F)cc(F)c2)s1. The molecule has 3 aromatic rings. The average molecular weight is 405 g/mol. The zero-order chi connectivity index (χ0) is 19.7. The van der Waals surface area contributed by atoms with Crippen LogP contribution >= 0.6 is 11.3 Å². The van der Waals surface area contributed by atoms with Crippen LogP contribution in [-0.4, -0.2) is 20.9 Å². The second-order valence-corrected chi connectivity index (χ2v) is 7.73. The molecule has 1 saturated carbocycles. The number of ether oxygens (including phenoxy) is 1. The molecule has 0 saturated heterocycles. The van der Waals surface area contributed by atoms with E-state index in [1.165, 1.54) is 24.2 Å². The molecule has 4 rings (SSSR count). The van der Waals surface area contributed by atoms with Crippen LogP contribution in [0, 0.1) is 24.5 Å². The number of nitrogens with one attached hydrogen (secondary N) is 2. The highest BCUT2D eigenvalue weighted by Crippen LogP contribution is 2.34. The van der Waals surface area contributed by atoms with Gasteiger partial charge in [-0.1, -0.05) is 11.3 Å². The first-order chi connectivity index (χ1) is 13.4. The van der Waals surface area contributed by atoms with Gasteiger partial charge in [0, 0.05) is 30.6 Å². The summed E-state index contributed by atoms with van der Waals surface area (Å²) in [5, 5.41) is 10.6. The second kappa shape index (κ2) is 7.55. The minimum absolute atomic E-state index is 0.0158. The maximum atomic E-state index is 13.4. The summed E-state index contributed by atoms with van der Waals surface area (Å²) in [5.41, 5.74) is 0.185. The van der Waals surface area contributed by atoms with Gasteiger partial charge in [-0.2, -0.15) is 5.10 Å². The van der Waals surface area contributed by atoms with E-state index < -0.39 is 17.7 Å². The number of hydrogen-bond acceptors (Lipinski definition) is 6. The average Bonchev–Trinajstić information content (AvgIpc) is 3.20. The monoisotopic (exact) mass is 405 g/mol. The van der Waals surface area contributed by atoms with E-state index in [1.807, 2.05) is 0 Å². The van der Waals surface area contributed by atoms with Crippen molar-refractivity contribution < 1.29 is 18.3 Å². The number of carbonyl (C=O) groups is 1. The van der Waals surface area contributed by atoms with Crippen LogP contribution in [0.15, 0.2) is 30.5 Å². The van der Waals surface area contributed by atoms with Crippen LogP contribution in [0.5, 0.6) is 5.88 Å². The van der Waals surface area contributed by atoms with Gasteiger partial charge in [-0.05, 0) is 37.8 Å². The summed E-state index contributed by atoms with van der Waals surface area (Å²) in [7, 11) is 0. The lowest BCUT2D eigenvalue weighted by atomic mass is 10.3. The van der Waals surface area contributed by atoms with Gasteiger partial charge in [0.25, 0.3) is 5.88 Å². The lowest BCUT2D eigenvalue weighted by Crippen LogP contribution is -2.18. The van der Waals surface area contributed by atoms with Gasteiger partial charge in [-0.15, -0.1) is 0 Å². The molecule has 0 aliphatic heterocycles. The fourth-order valence-electron chi connectivity index (χ4n) is 2.63. The molecule has 1 aliphatic rings. The third-order valence-corrected chi connectivity index (χ3v) is 4.89. The number of amides is 1. The third kappa shape index (κ3) is 4.63. The quantitative estimate of drug-likeness (QED) is 0.622. The highest BCUT2D eigenvalue weighted by atomic mass is 32.1. The fourth-order valence-corrected chi connectivity index (χ4v) is 3.39. The molecule has 1 amide bonds. The van der Waals surface area contributed by atoms with Crippen molar-refractivity contribution in [2.75, 3.05) is 10.6 Å². The summed E-state index contributed by atoms with van der Waals surface area (Å²) >= 11 is 1.20. The molecule has 2 aromatic heterocycles. The van der Waals surface area contributed by atoms with Crippen molar-refractivity contribution >= 4 is 33.9 Å². The highest BCUT2D eigenvalue weighted by Gasteiger charge is 2.22. The number of carbonyl (C=O) groups excluding carboxylic acids is 1. The zero-order valence-corrected chi connectivity index (χ0v) is 15.7. The molecule has 2 heterocycles. The van der Waals surface area contributed by atoms with E-state index in [9.17, 15) is 13.6 Å². The maximum absolute atomic E-state index is 13.4. The Balaban J connectivity index is 1.42. The van der Waals surface area contributed by atoms with Crippen LogP contribution in [0.25, 0.3) is 0 Å². The summed E-state index contributed by atoms with van der Waals surface area (Å²) in [6, 6.07) is 4.73. The van der Waals surface area contributed by atoms with E-state index in [-0.39, 0.29) is 11.6 Å². The van der Waals surface area contributed by atoms with Crippen LogP contribution in [0.3, 0.4) is 0 Å². The summed E-state index contributed by atoms with van der Waals surface area (Å²) < 4.78 is 33.8. The van der Waals surface area contributed by atoms with Gasteiger partial charge in [0.05, 0.1) is 5.01 Å². The molecule has 28 heavy (non-hydrogen) atoms. The van der Waals surface area contributed by atoms with Crippen molar-refractivity contribution in [3.05, 3.63) is 47.1 Å². The Kier molecular flexibility index (Phi) is 4.95. The van der Waals surface area contributed by atoms with Crippen LogP contribution in [0.4, 0.5) is 30.1 Å². The molecule has 0 spiro atoms. The fraction of sp³-hybridized carbons (Fsp3) is 0.278. The van der Waals surface area contributed by atoms with Crippen molar-refractivity contribution in [1.29, 1.82) is 0 Å². The molecule has 7 nitrogen and oxygen atoms in total. The first kappa shape index (κ1) is 18.4. The van der Waals surface area contributed by atoms with Crippen LogP contribution in [0.2, 0.25) is 0 Å². The molecule has 1 aromatic carbocycles. The molecular formula is C18H17F2N5O2S. The number of thiazole rings is 1. The standard InChI is InChI=1S/C18H17F2N5O2S/c1-10-21-16(17(28-10)22-14-7-12(19)6-13(20)8-14)27-18(26)23-15-4-5-25(24-15)9-11-2-3-11/h4-8,11,22H,2-3,9H2,1H3,(H,23,24,26). The molecule has 146 valence electrons. The normalized spacial score (nSPS) is 13.4. The van der Waals surface area contributed by atoms with E-state index in [4.69, 9.17) is 4.74 Å². The Morgan fingerprint density at radius 2 is 2.07 bits per heavy atom. The van der Waals surface area contributed by atoms with Crippen LogP contribution in [0.1, 0.15) is 17.8 Å². The lowest BCUT2D eigenvalue weighted by Gasteiger charge is -2.07. The van der Waals surface area contributed by atoms with Crippen LogP contribution < -0.4 is 15.4 Å². The number of hydrogen-bond donors (Lipinski definition) is 2. The van der Waals surface area contributed by atoms with Gasteiger partial charge < -0.3 is 10.1 Å². The number of benzene rings is 1. The van der Waals surface area contributed by atoms with Gasteiger partial charge in [-0.3, -0.25) is 10.00 Å². The van der Waals surface area contributed by atoms with Gasteiger partial charge >= 0.3 is 6.09 Å². The molecule has 0 bridgehead atoms. The number of rotatable bonds is 6. The largest absolute Gasteiger partial charge is 0.419 e. The van der Waals surface area contributed by atoms with Gasteiger partial charge in [0.15, 0.2) is 10.8 Å². The van der Waals surface area contributed by atoms with Gasteiger partial charge in [-0.25, -0.2) is 18.6 Å². The molecule has 0 unspecified atom stereocenters. The van der Waals surface area contributed by atoms with Crippen molar-refractivity contribution in [2.24, 2.45) is 5.92 Å². The van der Waals surface area contributed by atoms with E-state index in [1.54, 1.807) is 23.9 Å². The number of nitrogens with zero attached hydrogens (tertiary/aromatic N) is 3. The van der Waals surface area contributed by atoms with E-state index in [0.717, 1.165) is 24.7 Å². The molecular weight excluding hydrogens is 388 g/mol. The lowest BCUT2D eigenvalue weighted by molar-refractivity contribution is 0.213. The Bertz CT molecular complexity index is 995. The van der Waals surface area contributed by atoms with Crippen molar-refractivity contribution in [2.45, 2.75) is 26.3 Å². The van der Waals surface area contributed by atoms with Gasteiger partial charge in [0.1, 0.15) is 11.6 Å². The molecule has 0 atom stereocenters. The van der Waals surface area contributed by atoms with E-state index >= 15 is 0 Å². The summed E-state index contributed by atoms with van der Waals surface area (Å²) in [4.78, 5) is 16.3. The minimum Gasteiger partial charge on any atom is -0.388 e. The minimum atomic E-state index is -0.754. The Labute approximate surface area is 163 Å². The Hall–Kier alpha value is -3.01. The van der Waals surface area contributed by atoms with E-state index in [0.29, 0.717) is 21.7 Å². The molecule has 1 aliphatic carbocycles. The number of aromatic nitrogens is 3. The Morgan fingerprint density at radius 3 is 2.79 bits per heavy atom. The molecule has 10 heteroatoms. The predicted octanol–water partition coefficient (Wildman–Crippen LogP) is 4.69. The summed E-state index contributed by atoms with van der Waals surface area (Å²) in [5.74, 6) is -0.378. The van der Waals surface area contributed by atoms with Gasteiger partial charge in [0.2, 0.25) is 0 Å². The van der Waals surface area contributed by atoms with Crippen LogP contribution in [-0.2, 0) is 6.54 Å². The topological polar surface area (TPSA) is 81.1 Å². The molecule has 1 fully saturated rings.